The largest absolute Gasteiger partial charge is 0.337 e. The number of likely N-dealkylation sites (tertiary alicyclic amines) is 1. The summed E-state index contributed by atoms with van der Waals surface area (Å²) in [5.41, 5.74) is 2.48. The van der Waals surface area contributed by atoms with Gasteiger partial charge in [0, 0.05) is 26.2 Å². The first-order valence-corrected chi connectivity index (χ1v) is 9.60. The van der Waals surface area contributed by atoms with Crippen molar-refractivity contribution in [2.24, 2.45) is 0 Å². The van der Waals surface area contributed by atoms with Crippen LogP contribution in [0.2, 0.25) is 0 Å². The molecule has 128 valence electrons. The zero-order valence-corrected chi connectivity index (χ0v) is 15.4. The molecule has 0 radical (unpaired) electrons. The van der Waals surface area contributed by atoms with E-state index in [1.807, 2.05) is 30.3 Å². The molecule has 1 atom stereocenters. The topological polar surface area (TPSA) is 23.6 Å². The van der Waals surface area contributed by atoms with Gasteiger partial charge in [-0.25, -0.2) is 0 Å². The number of carbonyl (C=O) groups excluding carboxylic acids is 1. The fourth-order valence-electron chi connectivity index (χ4n) is 3.40. The number of aryl methyl sites for hydroxylation is 1. The van der Waals surface area contributed by atoms with E-state index in [-0.39, 0.29) is 5.91 Å². The Labute approximate surface area is 148 Å². The number of likely N-dealkylation sites (N-methyl/N-ethyl adjacent to an activating group) is 1. The Morgan fingerprint density at radius 3 is 2.79 bits per heavy atom. The quantitative estimate of drug-likeness (QED) is 0.824. The summed E-state index contributed by atoms with van der Waals surface area (Å²) in [5, 5.41) is 2.00. The van der Waals surface area contributed by atoms with E-state index < -0.39 is 0 Å². The molecule has 0 spiro atoms. The van der Waals surface area contributed by atoms with Gasteiger partial charge in [-0.1, -0.05) is 30.3 Å². The SMILES string of the molecule is Cc1ccsc1C(=O)N(C)[C@@H]1CCCN(CCc2ccccc2)C1. The third-order valence-corrected chi connectivity index (χ3v) is 5.97. The monoisotopic (exact) mass is 342 g/mol. The normalized spacial score (nSPS) is 18.5. The highest BCUT2D eigenvalue weighted by molar-refractivity contribution is 7.12. The molecule has 4 heteroatoms. The molecule has 1 saturated heterocycles. The van der Waals surface area contributed by atoms with Crippen LogP contribution in [-0.4, -0.2) is 48.4 Å². The summed E-state index contributed by atoms with van der Waals surface area (Å²) in [7, 11) is 1.97. The molecule has 0 bridgehead atoms. The van der Waals surface area contributed by atoms with Crippen molar-refractivity contribution in [2.75, 3.05) is 26.7 Å². The predicted octanol–water partition coefficient (Wildman–Crippen LogP) is 3.84. The van der Waals surface area contributed by atoms with Gasteiger partial charge < -0.3 is 9.80 Å². The minimum atomic E-state index is 0.178. The minimum Gasteiger partial charge on any atom is -0.337 e. The molecule has 3 nitrogen and oxygen atoms in total. The number of thiophene rings is 1. The molecule has 3 rings (SSSR count). The van der Waals surface area contributed by atoms with Gasteiger partial charge in [0.15, 0.2) is 0 Å². The second kappa shape index (κ2) is 7.95. The summed E-state index contributed by atoms with van der Waals surface area (Å²) >= 11 is 1.55. The molecule has 0 unspecified atom stereocenters. The summed E-state index contributed by atoms with van der Waals surface area (Å²) in [6, 6.07) is 13.0. The summed E-state index contributed by atoms with van der Waals surface area (Å²) in [5.74, 6) is 0.178. The number of hydrogen-bond donors (Lipinski definition) is 0. The molecule has 2 heterocycles. The molecule has 0 N–H and O–H groups in total. The Bertz CT molecular complexity index is 667. The number of carbonyl (C=O) groups is 1. The standard InChI is InChI=1S/C20H26N2OS/c1-16-11-14-24-19(16)20(23)21(2)18-9-6-12-22(15-18)13-10-17-7-4-3-5-8-17/h3-5,7-8,11,14,18H,6,9-10,12-13,15H2,1-2H3/t18-/m1/s1. The Morgan fingerprint density at radius 2 is 2.08 bits per heavy atom. The Balaban J connectivity index is 1.56. The van der Waals surface area contributed by atoms with Gasteiger partial charge in [-0.2, -0.15) is 0 Å². The molecule has 1 amide bonds. The van der Waals surface area contributed by atoms with E-state index in [1.54, 1.807) is 11.3 Å². The van der Waals surface area contributed by atoms with Crippen LogP contribution in [0.3, 0.4) is 0 Å². The highest BCUT2D eigenvalue weighted by atomic mass is 32.1. The molecular weight excluding hydrogens is 316 g/mol. The molecule has 24 heavy (non-hydrogen) atoms. The third-order valence-electron chi connectivity index (χ3n) is 4.96. The highest BCUT2D eigenvalue weighted by Crippen LogP contribution is 2.22. The van der Waals surface area contributed by atoms with E-state index in [1.165, 1.54) is 12.0 Å². The molecule has 0 saturated carbocycles. The van der Waals surface area contributed by atoms with Crippen LogP contribution >= 0.6 is 11.3 Å². The van der Waals surface area contributed by atoms with E-state index in [9.17, 15) is 4.79 Å². The van der Waals surface area contributed by atoms with Gasteiger partial charge in [0.1, 0.15) is 0 Å². The lowest BCUT2D eigenvalue weighted by Crippen LogP contribution is -2.48. The number of benzene rings is 1. The van der Waals surface area contributed by atoms with Crippen molar-refractivity contribution in [3.8, 4) is 0 Å². The van der Waals surface area contributed by atoms with Gasteiger partial charge in [0.25, 0.3) is 5.91 Å². The van der Waals surface area contributed by atoms with Crippen LogP contribution in [0.4, 0.5) is 0 Å². The minimum absolute atomic E-state index is 0.178. The van der Waals surface area contributed by atoms with Crippen molar-refractivity contribution in [3.05, 3.63) is 57.8 Å². The van der Waals surface area contributed by atoms with Crippen molar-refractivity contribution < 1.29 is 4.79 Å². The van der Waals surface area contributed by atoms with Gasteiger partial charge in [-0.3, -0.25) is 4.79 Å². The maximum atomic E-state index is 12.7. The van der Waals surface area contributed by atoms with Crippen LogP contribution in [0, 0.1) is 6.92 Å². The van der Waals surface area contributed by atoms with Crippen molar-refractivity contribution in [1.29, 1.82) is 0 Å². The van der Waals surface area contributed by atoms with Gasteiger partial charge in [-0.15, -0.1) is 11.3 Å². The second-order valence-electron chi connectivity index (χ2n) is 6.68. The van der Waals surface area contributed by atoms with Crippen LogP contribution in [0.15, 0.2) is 41.8 Å². The first-order valence-electron chi connectivity index (χ1n) is 8.72. The Kier molecular flexibility index (Phi) is 5.69. The zero-order valence-electron chi connectivity index (χ0n) is 14.6. The molecule has 1 aliphatic rings. The lowest BCUT2D eigenvalue weighted by Gasteiger charge is -2.37. The van der Waals surface area contributed by atoms with Crippen molar-refractivity contribution in [1.82, 2.24) is 9.80 Å². The molecule has 1 aliphatic heterocycles. The molecule has 0 aliphatic carbocycles. The predicted molar refractivity (Wildman–Crippen MR) is 101 cm³/mol. The lowest BCUT2D eigenvalue weighted by molar-refractivity contribution is 0.0623. The van der Waals surface area contributed by atoms with Crippen LogP contribution in [0.1, 0.15) is 33.6 Å². The van der Waals surface area contributed by atoms with Crippen LogP contribution in [0.25, 0.3) is 0 Å². The molecule has 1 aromatic carbocycles. The second-order valence-corrected chi connectivity index (χ2v) is 7.60. The number of piperidine rings is 1. The van der Waals surface area contributed by atoms with Crippen LogP contribution < -0.4 is 0 Å². The molecule has 2 aromatic rings. The maximum Gasteiger partial charge on any atom is 0.264 e. The number of amides is 1. The van der Waals surface area contributed by atoms with Gasteiger partial charge >= 0.3 is 0 Å². The van der Waals surface area contributed by atoms with Crippen molar-refractivity contribution in [2.45, 2.75) is 32.2 Å². The van der Waals surface area contributed by atoms with E-state index in [4.69, 9.17) is 0 Å². The Morgan fingerprint density at radius 1 is 1.29 bits per heavy atom. The number of nitrogens with zero attached hydrogens (tertiary/aromatic N) is 2. The average Bonchev–Trinajstić information content (AvgIpc) is 3.06. The van der Waals surface area contributed by atoms with Crippen LogP contribution in [-0.2, 0) is 6.42 Å². The number of hydrogen-bond acceptors (Lipinski definition) is 3. The van der Waals surface area contributed by atoms with E-state index in [2.05, 4.69) is 35.2 Å². The van der Waals surface area contributed by atoms with Gasteiger partial charge in [0.05, 0.1) is 4.88 Å². The highest BCUT2D eigenvalue weighted by Gasteiger charge is 2.27. The van der Waals surface area contributed by atoms with Gasteiger partial charge in [0.2, 0.25) is 0 Å². The smallest absolute Gasteiger partial charge is 0.264 e. The van der Waals surface area contributed by atoms with Gasteiger partial charge in [-0.05, 0) is 55.3 Å². The first-order chi connectivity index (χ1) is 11.6. The summed E-state index contributed by atoms with van der Waals surface area (Å²) in [4.78, 5) is 18.1. The fraction of sp³-hybridized carbons (Fsp3) is 0.450. The zero-order chi connectivity index (χ0) is 16.9. The maximum absolute atomic E-state index is 12.7. The van der Waals surface area contributed by atoms with E-state index in [0.29, 0.717) is 6.04 Å². The summed E-state index contributed by atoms with van der Waals surface area (Å²) in [6.07, 6.45) is 3.35. The van der Waals surface area contributed by atoms with Crippen molar-refractivity contribution >= 4 is 17.2 Å². The molecule has 1 fully saturated rings. The average molecular weight is 343 g/mol. The van der Waals surface area contributed by atoms with E-state index >= 15 is 0 Å². The van der Waals surface area contributed by atoms with Crippen LogP contribution in [0.5, 0.6) is 0 Å². The Hall–Kier alpha value is -1.65. The summed E-state index contributed by atoms with van der Waals surface area (Å²) in [6.45, 7) is 5.22. The fourth-order valence-corrected chi connectivity index (χ4v) is 4.31. The van der Waals surface area contributed by atoms with Crippen molar-refractivity contribution in [3.63, 3.8) is 0 Å². The number of rotatable bonds is 5. The lowest BCUT2D eigenvalue weighted by atomic mass is 10.0. The molecule has 1 aromatic heterocycles. The molecular formula is C20H26N2OS. The van der Waals surface area contributed by atoms with E-state index in [0.717, 1.165) is 42.9 Å². The summed E-state index contributed by atoms with van der Waals surface area (Å²) < 4.78 is 0. The third kappa shape index (κ3) is 4.05. The first kappa shape index (κ1) is 17.2.